The molecule has 0 atom stereocenters. The minimum Gasteiger partial charge on any atom is -0.322 e. The van der Waals surface area contributed by atoms with Crippen molar-refractivity contribution in [2.75, 3.05) is 44.6 Å². The molecule has 1 aliphatic heterocycles. The number of para-hydroxylation sites is 1. The van der Waals surface area contributed by atoms with Crippen LogP contribution >= 0.6 is 34.5 Å². The van der Waals surface area contributed by atoms with Crippen molar-refractivity contribution in [2.24, 2.45) is 4.99 Å². The summed E-state index contributed by atoms with van der Waals surface area (Å²) in [6, 6.07) is 22.5. The monoisotopic (exact) mass is 633 g/mol. The number of fused-ring (bicyclic) bond motifs is 1. The molecular weight excluding hydrogens is 605 g/mol. The lowest BCUT2D eigenvalue weighted by Gasteiger charge is -2.34. The molecule has 1 fully saturated rings. The Bertz CT molecular complexity index is 1820. The molecule has 0 saturated carbocycles. The highest BCUT2D eigenvalue weighted by Gasteiger charge is 2.23. The molecule has 0 radical (unpaired) electrons. The fourth-order valence-corrected chi connectivity index (χ4v) is 6.29. The maximum absolute atomic E-state index is 13.8. The number of hydrogen-bond acceptors (Lipinski definition) is 6. The summed E-state index contributed by atoms with van der Waals surface area (Å²) in [5.74, 6) is 0. The number of thiazole rings is 1. The highest BCUT2D eigenvalue weighted by Crippen LogP contribution is 2.27. The number of carbonyl (C=O) groups excluding carboxylic acids is 1. The zero-order valence-corrected chi connectivity index (χ0v) is 25.7. The van der Waals surface area contributed by atoms with Crippen LogP contribution in [0.2, 0.25) is 10.0 Å². The quantitative estimate of drug-likeness (QED) is 0.202. The van der Waals surface area contributed by atoms with Gasteiger partial charge < -0.3 is 10.2 Å². The summed E-state index contributed by atoms with van der Waals surface area (Å²) in [6.45, 7) is 5.78. The Kier molecular flexibility index (Phi) is 8.62. The van der Waals surface area contributed by atoms with Gasteiger partial charge in [0, 0.05) is 49.7 Å². The molecule has 9 nitrogen and oxygen atoms in total. The number of anilines is 1. The fourth-order valence-electron chi connectivity index (χ4n) is 5.07. The van der Waals surface area contributed by atoms with Crippen LogP contribution < -0.4 is 10.9 Å². The molecule has 1 aliphatic rings. The zero-order chi connectivity index (χ0) is 29.9. The molecule has 2 amide bonds. The summed E-state index contributed by atoms with van der Waals surface area (Å²) < 4.78 is 2.53. The third kappa shape index (κ3) is 6.37. The fraction of sp³-hybridized carbons (Fsp3) is 0.226. The summed E-state index contributed by atoms with van der Waals surface area (Å²) in [7, 11) is 0. The molecule has 6 rings (SSSR count). The first-order chi connectivity index (χ1) is 20.9. The predicted molar refractivity (Wildman–Crippen MR) is 176 cm³/mol. The molecule has 2 N–H and O–H groups in total. The van der Waals surface area contributed by atoms with Crippen molar-refractivity contribution in [1.29, 1.82) is 0 Å². The Morgan fingerprint density at radius 3 is 2.49 bits per heavy atom. The highest BCUT2D eigenvalue weighted by atomic mass is 35.5. The number of carbonyl (C=O) groups is 1. The Hall–Kier alpha value is -3.96. The molecule has 3 aromatic carbocycles. The Morgan fingerprint density at radius 1 is 1.00 bits per heavy atom. The van der Waals surface area contributed by atoms with E-state index in [0.717, 1.165) is 35.4 Å². The molecule has 3 heterocycles. The van der Waals surface area contributed by atoms with Crippen LogP contribution in [0.5, 0.6) is 0 Å². The van der Waals surface area contributed by atoms with E-state index in [1.165, 1.54) is 16.0 Å². The van der Waals surface area contributed by atoms with E-state index in [1.54, 1.807) is 23.1 Å². The SMILES string of the molecule is CC(=NCCN1CCN(C(=O)Nc2ccc(Cl)c(Cl)c2)CC1)c1c(-c2ccccc2)[nH]n(-c2nc3ccccc3s2)c1=O. The number of nitrogens with zero attached hydrogens (tertiary/aromatic N) is 5. The topological polar surface area (TPSA) is 98.6 Å². The van der Waals surface area contributed by atoms with Crippen LogP contribution in [0.15, 0.2) is 82.6 Å². The van der Waals surface area contributed by atoms with Crippen LogP contribution in [0.25, 0.3) is 26.6 Å². The van der Waals surface area contributed by atoms with E-state index in [-0.39, 0.29) is 11.6 Å². The van der Waals surface area contributed by atoms with Crippen molar-refractivity contribution in [1.82, 2.24) is 24.6 Å². The van der Waals surface area contributed by atoms with Crippen molar-refractivity contribution in [3.05, 3.63) is 98.8 Å². The number of aromatic nitrogens is 3. The average molecular weight is 635 g/mol. The number of nitrogens with one attached hydrogen (secondary N) is 2. The minimum atomic E-state index is -0.180. The van der Waals surface area contributed by atoms with Crippen LogP contribution in [-0.4, -0.2) is 75.6 Å². The standard InChI is InChI=1S/C31H29Cl2N7O2S/c1-20(34-13-14-38-15-17-39(18-16-38)30(42)35-22-11-12-23(32)24(33)19-22)27-28(21-7-3-2-4-8-21)37-40(29(27)41)31-36-25-9-5-6-10-26(25)43-31/h2-12,19,37H,13-18H2,1H3,(H,35,42). The first-order valence-electron chi connectivity index (χ1n) is 13.9. The number of H-pyrrole nitrogens is 1. The largest absolute Gasteiger partial charge is 0.322 e. The third-order valence-corrected chi connectivity index (χ3v) is 9.14. The lowest BCUT2D eigenvalue weighted by molar-refractivity contribution is 0.150. The summed E-state index contributed by atoms with van der Waals surface area (Å²) in [6.07, 6.45) is 0. The van der Waals surface area contributed by atoms with Gasteiger partial charge in [-0.1, -0.05) is 77.0 Å². The number of rotatable bonds is 7. The van der Waals surface area contributed by atoms with E-state index in [1.807, 2.05) is 61.5 Å². The van der Waals surface area contributed by atoms with Gasteiger partial charge in [0.2, 0.25) is 5.13 Å². The number of aromatic amines is 1. The van der Waals surface area contributed by atoms with Gasteiger partial charge in [-0.15, -0.1) is 0 Å². The van der Waals surface area contributed by atoms with Crippen LogP contribution in [0.4, 0.5) is 10.5 Å². The van der Waals surface area contributed by atoms with Crippen molar-refractivity contribution in [3.8, 4) is 16.4 Å². The van der Waals surface area contributed by atoms with Gasteiger partial charge in [-0.25, -0.2) is 9.78 Å². The summed E-state index contributed by atoms with van der Waals surface area (Å²) in [4.78, 5) is 40.0. The van der Waals surface area contributed by atoms with Gasteiger partial charge >= 0.3 is 6.03 Å². The lowest BCUT2D eigenvalue weighted by atomic mass is 10.1. The smallest absolute Gasteiger partial charge is 0.321 e. The highest BCUT2D eigenvalue weighted by molar-refractivity contribution is 7.20. The van der Waals surface area contributed by atoms with Gasteiger partial charge in [0.25, 0.3) is 5.56 Å². The normalized spacial score (nSPS) is 14.4. The summed E-state index contributed by atoms with van der Waals surface area (Å²) in [5.41, 5.74) is 4.10. The number of halogens is 2. The van der Waals surface area contributed by atoms with Gasteiger partial charge in [-0.05, 0) is 37.3 Å². The molecule has 0 unspecified atom stereocenters. The molecule has 220 valence electrons. The van der Waals surface area contributed by atoms with Crippen molar-refractivity contribution < 1.29 is 4.79 Å². The van der Waals surface area contributed by atoms with Gasteiger partial charge in [0.15, 0.2) is 0 Å². The first kappa shape index (κ1) is 29.1. The number of urea groups is 1. The number of benzene rings is 3. The first-order valence-corrected chi connectivity index (χ1v) is 15.5. The zero-order valence-electron chi connectivity index (χ0n) is 23.4. The number of piperazine rings is 1. The number of amides is 2. The molecule has 0 spiro atoms. The van der Waals surface area contributed by atoms with Gasteiger partial charge in [-0.2, -0.15) is 4.68 Å². The van der Waals surface area contributed by atoms with E-state index in [2.05, 4.69) is 20.3 Å². The molecule has 2 aromatic heterocycles. The second-order valence-electron chi connectivity index (χ2n) is 10.2. The van der Waals surface area contributed by atoms with Crippen LogP contribution in [0, 0.1) is 0 Å². The third-order valence-electron chi connectivity index (χ3n) is 7.38. The Labute approximate surface area is 262 Å². The Balaban J connectivity index is 1.13. The van der Waals surface area contributed by atoms with E-state index < -0.39 is 0 Å². The van der Waals surface area contributed by atoms with Crippen LogP contribution in [-0.2, 0) is 0 Å². The Morgan fingerprint density at radius 2 is 1.74 bits per heavy atom. The van der Waals surface area contributed by atoms with E-state index >= 15 is 0 Å². The van der Waals surface area contributed by atoms with Gasteiger partial charge in [0.05, 0.1) is 38.1 Å². The lowest BCUT2D eigenvalue weighted by Crippen LogP contribution is -2.50. The van der Waals surface area contributed by atoms with E-state index in [4.69, 9.17) is 28.2 Å². The summed E-state index contributed by atoms with van der Waals surface area (Å²) in [5, 5.41) is 7.61. The van der Waals surface area contributed by atoms with Gasteiger partial charge in [0.1, 0.15) is 0 Å². The predicted octanol–water partition coefficient (Wildman–Crippen LogP) is 6.41. The molecule has 0 aliphatic carbocycles. The van der Waals surface area contributed by atoms with E-state index in [0.29, 0.717) is 57.5 Å². The molecule has 12 heteroatoms. The molecule has 0 bridgehead atoms. The van der Waals surface area contributed by atoms with E-state index in [9.17, 15) is 9.59 Å². The van der Waals surface area contributed by atoms with Crippen molar-refractivity contribution in [3.63, 3.8) is 0 Å². The molecule has 1 saturated heterocycles. The molecule has 5 aromatic rings. The van der Waals surface area contributed by atoms with Crippen molar-refractivity contribution in [2.45, 2.75) is 6.92 Å². The number of hydrogen-bond donors (Lipinski definition) is 2. The van der Waals surface area contributed by atoms with Crippen molar-refractivity contribution >= 4 is 62.2 Å². The van der Waals surface area contributed by atoms with Gasteiger partial charge in [-0.3, -0.25) is 19.8 Å². The van der Waals surface area contributed by atoms with Crippen LogP contribution in [0.1, 0.15) is 12.5 Å². The summed E-state index contributed by atoms with van der Waals surface area (Å²) >= 11 is 13.5. The maximum atomic E-state index is 13.8. The number of aliphatic imine (C=N–C) groups is 1. The van der Waals surface area contributed by atoms with Crippen LogP contribution in [0.3, 0.4) is 0 Å². The maximum Gasteiger partial charge on any atom is 0.321 e. The molecule has 43 heavy (non-hydrogen) atoms. The second kappa shape index (κ2) is 12.7. The molecular formula is C31H29Cl2N7O2S. The minimum absolute atomic E-state index is 0.169. The second-order valence-corrected chi connectivity index (χ2v) is 12.0. The average Bonchev–Trinajstić information content (AvgIpc) is 3.60.